The van der Waals surface area contributed by atoms with Crippen LogP contribution < -0.4 is 5.32 Å². The first-order valence-corrected chi connectivity index (χ1v) is 12.1. The number of ketones is 1. The highest BCUT2D eigenvalue weighted by Crippen LogP contribution is 2.48. The van der Waals surface area contributed by atoms with Gasteiger partial charge in [0.15, 0.2) is 5.78 Å². The molecule has 0 unspecified atom stereocenters. The summed E-state index contributed by atoms with van der Waals surface area (Å²) >= 11 is 0. The van der Waals surface area contributed by atoms with Gasteiger partial charge in [-0.3, -0.25) is 4.79 Å². The number of Topliss-reactive ketones (excluding diaryl/α,β-unsaturated/α-hetero) is 1. The van der Waals surface area contributed by atoms with Crippen LogP contribution in [0.15, 0.2) is 95.8 Å². The predicted molar refractivity (Wildman–Crippen MR) is 141 cm³/mol. The summed E-state index contributed by atoms with van der Waals surface area (Å²) in [6.07, 6.45) is 2.09. The summed E-state index contributed by atoms with van der Waals surface area (Å²) in [5, 5.41) is 4.38. The zero-order chi connectivity index (χ0) is 25.0. The third-order valence-electron chi connectivity index (χ3n) is 7.26. The Morgan fingerprint density at radius 2 is 1.64 bits per heavy atom. The topological polar surface area (TPSA) is 60.3 Å². The largest absolute Gasteiger partial charge is 0.466 e. The van der Waals surface area contributed by atoms with E-state index in [1.54, 1.807) is 0 Å². The lowest BCUT2D eigenvalue weighted by Gasteiger charge is -2.28. The highest BCUT2D eigenvalue weighted by atomic mass is 16.5. The molecule has 1 N–H and O–H groups in total. The summed E-state index contributed by atoms with van der Waals surface area (Å²) in [5.41, 5.74) is 8.45. The van der Waals surface area contributed by atoms with E-state index in [0.717, 1.165) is 27.7 Å². The average molecular weight is 475 g/mol. The van der Waals surface area contributed by atoms with Gasteiger partial charge in [-0.05, 0) is 31.0 Å². The van der Waals surface area contributed by atoms with Gasteiger partial charge < -0.3 is 14.6 Å². The van der Waals surface area contributed by atoms with Crippen LogP contribution in [-0.2, 0) is 16.1 Å². The van der Waals surface area contributed by atoms with Gasteiger partial charge in [0, 0.05) is 46.0 Å². The number of ether oxygens (including phenoxy) is 1. The lowest BCUT2D eigenvalue weighted by atomic mass is 9.79. The van der Waals surface area contributed by atoms with Crippen LogP contribution in [0.5, 0.6) is 0 Å². The van der Waals surface area contributed by atoms with Crippen molar-refractivity contribution in [2.45, 2.75) is 26.3 Å². The number of rotatable bonds is 4. The number of hydrogen-bond donors (Lipinski definition) is 1. The third kappa shape index (κ3) is 3.31. The van der Waals surface area contributed by atoms with Crippen molar-refractivity contribution in [3.8, 4) is 0 Å². The summed E-state index contributed by atoms with van der Waals surface area (Å²) in [6, 6.07) is 24.3. The number of nitrogens with one attached hydrogen (secondary N) is 1. The van der Waals surface area contributed by atoms with Crippen LogP contribution >= 0.6 is 0 Å². The Morgan fingerprint density at radius 1 is 0.944 bits per heavy atom. The fraction of sp³-hybridized carbons (Fsp3) is 0.161. The van der Waals surface area contributed by atoms with Crippen LogP contribution in [-0.4, -0.2) is 23.4 Å². The SMILES string of the molecule is COC(=O)C1=C(C)NC2=C(C(=O)c3ccccc32)[C@@H]1c1cn(Cc2ccc(C)cc2)c2ccccc12. The number of fused-ring (bicyclic) bond motifs is 3. The maximum atomic E-state index is 13.8. The molecular weight excluding hydrogens is 448 g/mol. The second kappa shape index (κ2) is 8.38. The van der Waals surface area contributed by atoms with Crippen molar-refractivity contribution >= 4 is 28.4 Å². The van der Waals surface area contributed by atoms with Gasteiger partial charge in [0.2, 0.25) is 0 Å². The molecule has 0 spiro atoms. The van der Waals surface area contributed by atoms with Crippen LogP contribution in [0.2, 0.25) is 0 Å². The summed E-state index contributed by atoms with van der Waals surface area (Å²) in [5.74, 6) is -1.03. The monoisotopic (exact) mass is 474 g/mol. The summed E-state index contributed by atoms with van der Waals surface area (Å²) in [7, 11) is 1.38. The van der Waals surface area contributed by atoms with Gasteiger partial charge in [-0.25, -0.2) is 4.79 Å². The highest BCUT2D eigenvalue weighted by molar-refractivity contribution is 6.23. The van der Waals surface area contributed by atoms with Crippen LogP contribution in [0.25, 0.3) is 16.6 Å². The molecule has 36 heavy (non-hydrogen) atoms. The maximum Gasteiger partial charge on any atom is 0.336 e. The van der Waals surface area contributed by atoms with Crippen molar-refractivity contribution in [3.63, 3.8) is 0 Å². The first-order valence-electron chi connectivity index (χ1n) is 12.1. The van der Waals surface area contributed by atoms with Gasteiger partial charge >= 0.3 is 5.97 Å². The lowest BCUT2D eigenvalue weighted by molar-refractivity contribution is -0.136. The molecule has 0 saturated carbocycles. The molecule has 1 aromatic heterocycles. The van der Waals surface area contributed by atoms with Crippen LogP contribution in [0.1, 0.15) is 45.5 Å². The molecule has 0 bridgehead atoms. The molecule has 0 radical (unpaired) electrons. The minimum atomic E-state index is -0.544. The Hall–Kier alpha value is -4.38. The number of methoxy groups -OCH3 is 1. The molecule has 1 aliphatic carbocycles. The number of para-hydroxylation sites is 1. The molecule has 3 aromatic carbocycles. The molecule has 1 atom stereocenters. The summed E-state index contributed by atoms with van der Waals surface area (Å²) in [4.78, 5) is 26.9. The second-order valence-corrected chi connectivity index (χ2v) is 9.47. The number of benzene rings is 3. The normalized spacial score (nSPS) is 16.8. The predicted octanol–water partition coefficient (Wildman–Crippen LogP) is 5.74. The third-order valence-corrected chi connectivity index (χ3v) is 7.26. The van der Waals surface area contributed by atoms with E-state index in [1.807, 2.05) is 43.3 Å². The highest BCUT2D eigenvalue weighted by Gasteiger charge is 2.43. The van der Waals surface area contributed by atoms with Gasteiger partial charge in [-0.2, -0.15) is 0 Å². The smallest absolute Gasteiger partial charge is 0.336 e. The van der Waals surface area contributed by atoms with Gasteiger partial charge in [-0.1, -0.05) is 72.3 Å². The number of nitrogens with zero attached hydrogens (tertiary/aromatic N) is 1. The lowest BCUT2D eigenvalue weighted by Crippen LogP contribution is -2.29. The number of carbonyl (C=O) groups is 2. The molecule has 178 valence electrons. The molecule has 0 amide bonds. The fourth-order valence-corrected chi connectivity index (χ4v) is 5.55. The zero-order valence-corrected chi connectivity index (χ0v) is 20.5. The standard InChI is InChI=1S/C31H26N2O3/c1-18-12-14-20(15-13-18)16-33-17-24(21-8-6-7-11-25(21)33)27-26(31(35)36-3)19(2)32-29-22-9-4-5-10-23(22)30(34)28(27)29/h4-15,17,27,32H,16H2,1-3H3/t27-/m1/s1. The van der Waals surface area contributed by atoms with Gasteiger partial charge in [0.25, 0.3) is 0 Å². The number of carbonyl (C=O) groups excluding carboxylic acids is 2. The van der Waals surface area contributed by atoms with E-state index in [0.29, 0.717) is 29.0 Å². The van der Waals surface area contributed by atoms with E-state index >= 15 is 0 Å². The fourth-order valence-electron chi connectivity index (χ4n) is 5.55. The molecule has 2 aliphatic rings. The van der Waals surface area contributed by atoms with Crippen molar-refractivity contribution in [3.05, 3.63) is 124 Å². The van der Waals surface area contributed by atoms with E-state index in [4.69, 9.17) is 4.74 Å². The quantitative estimate of drug-likeness (QED) is 0.383. The number of aryl methyl sites for hydroxylation is 1. The van der Waals surface area contributed by atoms with E-state index in [9.17, 15) is 9.59 Å². The second-order valence-electron chi connectivity index (χ2n) is 9.47. The Kier molecular flexibility index (Phi) is 5.15. The van der Waals surface area contributed by atoms with Crippen molar-refractivity contribution in [2.75, 3.05) is 7.11 Å². The molecule has 1 aliphatic heterocycles. The molecular formula is C31H26N2O3. The zero-order valence-electron chi connectivity index (χ0n) is 20.5. The Balaban J connectivity index is 1.57. The Morgan fingerprint density at radius 3 is 2.39 bits per heavy atom. The molecule has 2 heterocycles. The van der Waals surface area contributed by atoms with Gasteiger partial charge in [0.1, 0.15) is 0 Å². The van der Waals surface area contributed by atoms with Gasteiger partial charge in [0.05, 0.1) is 24.3 Å². The van der Waals surface area contributed by atoms with Crippen molar-refractivity contribution in [2.24, 2.45) is 0 Å². The van der Waals surface area contributed by atoms with Crippen LogP contribution in [0.4, 0.5) is 0 Å². The molecule has 4 aromatic rings. The van der Waals surface area contributed by atoms with Gasteiger partial charge in [-0.15, -0.1) is 0 Å². The summed E-state index contributed by atoms with van der Waals surface area (Å²) in [6.45, 7) is 4.64. The molecule has 6 rings (SSSR count). The number of allylic oxidation sites excluding steroid dienone is 2. The number of dihydropyridines is 1. The van der Waals surface area contributed by atoms with Crippen molar-refractivity contribution in [1.82, 2.24) is 9.88 Å². The first-order chi connectivity index (χ1) is 17.5. The minimum absolute atomic E-state index is 0.0534. The van der Waals surface area contributed by atoms with Crippen LogP contribution in [0, 0.1) is 6.92 Å². The molecule has 0 fully saturated rings. The van der Waals surface area contributed by atoms with E-state index in [1.165, 1.54) is 18.2 Å². The van der Waals surface area contributed by atoms with E-state index in [-0.39, 0.29) is 5.78 Å². The Labute approximate surface area is 209 Å². The number of esters is 1. The van der Waals surface area contributed by atoms with Crippen LogP contribution in [0.3, 0.4) is 0 Å². The maximum absolute atomic E-state index is 13.8. The number of aromatic nitrogens is 1. The minimum Gasteiger partial charge on any atom is -0.466 e. The first kappa shape index (κ1) is 22.1. The average Bonchev–Trinajstić information content (AvgIpc) is 3.39. The summed E-state index contributed by atoms with van der Waals surface area (Å²) < 4.78 is 7.42. The number of hydrogen-bond acceptors (Lipinski definition) is 4. The van der Waals surface area contributed by atoms with E-state index in [2.05, 4.69) is 59.4 Å². The molecule has 5 nitrogen and oxygen atoms in total. The molecule has 0 saturated heterocycles. The Bertz CT molecular complexity index is 1620. The van der Waals surface area contributed by atoms with Crippen molar-refractivity contribution in [1.29, 1.82) is 0 Å². The van der Waals surface area contributed by atoms with E-state index < -0.39 is 11.9 Å². The molecule has 5 heteroatoms. The van der Waals surface area contributed by atoms with Crippen molar-refractivity contribution < 1.29 is 14.3 Å².